The molecule has 0 aliphatic carbocycles. The minimum absolute atomic E-state index is 0.0405. The Morgan fingerprint density at radius 3 is 2.59 bits per heavy atom. The van der Waals surface area contributed by atoms with E-state index in [1.807, 2.05) is 19.6 Å². The Kier molecular flexibility index (Phi) is 7.04. The number of thioether (sulfide) groups is 1. The lowest BCUT2D eigenvalue weighted by molar-refractivity contribution is -0.182. The summed E-state index contributed by atoms with van der Waals surface area (Å²) >= 11 is 1.22. The predicted molar refractivity (Wildman–Crippen MR) is 104 cm³/mol. The highest BCUT2D eigenvalue weighted by Crippen LogP contribution is 2.42. The quantitative estimate of drug-likeness (QED) is 0.216. The molecule has 0 radical (unpaired) electrons. The lowest BCUT2D eigenvalue weighted by atomic mass is 9.74. The number of carbonyl (C=O) groups is 4. The van der Waals surface area contributed by atoms with Gasteiger partial charge in [0.15, 0.2) is 13.4 Å². The third-order valence-corrected chi connectivity index (χ3v) is 6.74. The standard InChI is InChI=1S/C18H27NO6SSi/c1-6-9-24-17(22)16(21)19-14(12-8-7-10-26-18(12)23)13(15(19)20)11(2)25-27(3,4)5/h6,11-14H,1,7-10H2,2-5H3/t11-,12?,13-,14-/m1/s1. The number of likely N-dealkylation sites (tertiary alicyclic amines) is 1. The monoisotopic (exact) mass is 413 g/mol. The number of nitrogens with zero attached hydrogens (tertiary/aromatic N) is 1. The van der Waals surface area contributed by atoms with Crippen LogP contribution in [0.5, 0.6) is 0 Å². The molecule has 1 unspecified atom stereocenters. The normalized spacial score (nSPS) is 27.0. The number of β-lactam (4-membered cyclic amide) rings is 1. The van der Waals surface area contributed by atoms with Crippen LogP contribution < -0.4 is 0 Å². The average molecular weight is 414 g/mol. The second-order valence-corrected chi connectivity index (χ2v) is 13.3. The summed E-state index contributed by atoms with van der Waals surface area (Å²) in [5, 5.41) is -0.0405. The maximum absolute atomic E-state index is 12.8. The molecule has 2 heterocycles. The molecule has 27 heavy (non-hydrogen) atoms. The lowest BCUT2D eigenvalue weighted by Gasteiger charge is -2.51. The molecule has 0 aromatic heterocycles. The average Bonchev–Trinajstić information content (AvgIpc) is 2.56. The smallest absolute Gasteiger partial charge is 0.397 e. The summed E-state index contributed by atoms with van der Waals surface area (Å²) < 4.78 is 10.8. The summed E-state index contributed by atoms with van der Waals surface area (Å²) in [7, 11) is -1.93. The number of carbonyl (C=O) groups excluding carboxylic acids is 4. The van der Waals surface area contributed by atoms with Gasteiger partial charge in [-0.25, -0.2) is 4.79 Å². The van der Waals surface area contributed by atoms with Gasteiger partial charge in [0.05, 0.1) is 24.0 Å². The third-order valence-electron chi connectivity index (χ3n) is 4.58. The van der Waals surface area contributed by atoms with E-state index in [0.717, 1.165) is 17.1 Å². The molecular weight excluding hydrogens is 386 g/mol. The molecule has 2 amide bonds. The van der Waals surface area contributed by atoms with Crippen LogP contribution in [0.15, 0.2) is 12.7 Å². The number of ether oxygens (including phenoxy) is 1. The number of esters is 1. The molecule has 0 spiro atoms. The Morgan fingerprint density at radius 1 is 1.37 bits per heavy atom. The van der Waals surface area contributed by atoms with Crippen molar-refractivity contribution in [3.05, 3.63) is 12.7 Å². The van der Waals surface area contributed by atoms with Gasteiger partial charge < -0.3 is 9.16 Å². The molecule has 9 heteroatoms. The molecule has 150 valence electrons. The molecule has 0 N–H and O–H groups in total. The van der Waals surface area contributed by atoms with Crippen LogP contribution in [-0.2, 0) is 28.3 Å². The first-order chi connectivity index (χ1) is 12.6. The fourth-order valence-corrected chi connectivity index (χ4v) is 5.86. The lowest BCUT2D eigenvalue weighted by Crippen LogP contribution is -2.71. The van der Waals surface area contributed by atoms with E-state index in [-0.39, 0.29) is 11.7 Å². The van der Waals surface area contributed by atoms with Gasteiger partial charge in [-0.05, 0) is 39.4 Å². The van der Waals surface area contributed by atoms with Crippen LogP contribution in [0.3, 0.4) is 0 Å². The van der Waals surface area contributed by atoms with Gasteiger partial charge in [-0.15, -0.1) is 0 Å². The maximum Gasteiger partial charge on any atom is 0.397 e. The second-order valence-electron chi connectivity index (χ2n) is 7.77. The van der Waals surface area contributed by atoms with Gasteiger partial charge >= 0.3 is 11.9 Å². The summed E-state index contributed by atoms with van der Waals surface area (Å²) in [6, 6.07) is -0.659. The van der Waals surface area contributed by atoms with Crippen molar-refractivity contribution in [3.8, 4) is 0 Å². The van der Waals surface area contributed by atoms with Crippen LogP contribution in [0.1, 0.15) is 19.8 Å². The Bertz CT molecular complexity index is 646. The number of rotatable bonds is 6. The highest BCUT2D eigenvalue weighted by Gasteiger charge is 2.59. The minimum atomic E-state index is -1.93. The highest BCUT2D eigenvalue weighted by molar-refractivity contribution is 8.13. The molecule has 0 aromatic rings. The summed E-state index contributed by atoms with van der Waals surface area (Å²) in [6.45, 7) is 11.1. The zero-order chi connectivity index (χ0) is 20.4. The van der Waals surface area contributed by atoms with Crippen LogP contribution >= 0.6 is 11.8 Å². The third kappa shape index (κ3) is 4.88. The van der Waals surface area contributed by atoms with Gasteiger partial charge in [0.1, 0.15) is 6.61 Å². The van der Waals surface area contributed by atoms with Gasteiger partial charge in [-0.1, -0.05) is 24.4 Å². The van der Waals surface area contributed by atoms with Crippen molar-refractivity contribution in [2.75, 3.05) is 12.4 Å². The molecule has 0 bridgehead atoms. The molecule has 2 aliphatic rings. The van der Waals surface area contributed by atoms with Crippen molar-refractivity contribution in [1.82, 2.24) is 4.90 Å². The van der Waals surface area contributed by atoms with Crippen molar-refractivity contribution < 1.29 is 28.3 Å². The van der Waals surface area contributed by atoms with E-state index >= 15 is 0 Å². The van der Waals surface area contributed by atoms with E-state index < -0.39 is 50.1 Å². The Morgan fingerprint density at radius 2 is 2.04 bits per heavy atom. The van der Waals surface area contributed by atoms with E-state index in [0.29, 0.717) is 6.42 Å². The molecule has 0 saturated carbocycles. The van der Waals surface area contributed by atoms with E-state index in [1.165, 1.54) is 17.8 Å². The van der Waals surface area contributed by atoms with Crippen LogP contribution in [0.2, 0.25) is 19.6 Å². The molecule has 0 aromatic carbocycles. The minimum Gasteiger partial charge on any atom is -0.454 e. The molecule has 7 nitrogen and oxygen atoms in total. The van der Waals surface area contributed by atoms with Gasteiger partial charge in [0.2, 0.25) is 5.91 Å². The van der Waals surface area contributed by atoms with Gasteiger partial charge in [-0.3, -0.25) is 19.3 Å². The first-order valence-corrected chi connectivity index (χ1v) is 13.5. The van der Waals surface area contributed by atoms with Crippen LogP contribution in [-0.4, -0.2) is 60.6 Å². The maximum atomic E-state index is 12.8. The van der Waals surface area contributed by atoms with Gasteiger partial charge in [-0.2, -0.15) is 0 Å². The first kappa shape index (κ1) is 21.8. The van der Waals surface area contributed by atoms with Crippen molar-refractivity contribution >= 4 is 43.0 Å². The van der Waals surface area contributed by atoms with Crippen molar-refractivity contribution in [1.29, 1.82) is 0 Å². The fourth-order valence-electron chi connectivity index (χ4n) is 3.61. The largest absolute Gasteiger partial charge is 0.454 e. The van der Waals surface area contributed by atoms with E-state index in [1.54, 1.807) is 6.92 Å². The fraction of sp³-hybridized carbons (Fsp3) is 0.667. The molecule has 2 saturated heterocycles. The molecule has 2 aliphatic heterocycles. The van der Waals surface area contributed by atoms with Crippen molar-refractivity contribution in [2.24, 2.45) is 11.8 Å². The molecule has 2 rings (SSSR count). The summed E-state index contributed by atoms with van der Waals surface area (Å²) in [5.74, 6) is -2.96. The summed E-state index contributed by atoms with van der Waals surface area (Å²) in [5.41, 5.74) is 0. The Balaban J connectivity index is 2.26. The highest BCUT2D eigenvalue weighted by atomic mass is 32.2. The zero-order valence-corrected chi connectivity index (χ0v) is 18.0. The molecular formula is C18H27NO6SSi. The number of hydrogen-bond donors (Lipinski definition) is 0. The van der Waals surface area contributed by atoms with Gasteiger partial charge in [0.25, 0.3) is 0 Å². The molecule has 4 atom stereocenters. The van der Waals surface area contributed by atoms with Crippen LogP contribution in [0, 0.1) is 11.8 Å². The number of amides is 2. The Labute approximate surface area is 165 Å². The topological polar surface area (TPSA) is 90.0 Å². The molecule has 2 fully saturated rings. The van der Waals surface area contributed by atoms with E-state index in [9.17, 15) is 19.2 Å². The van der Waals surface area contributed by atoms with Crippen LogP contribution in [0.4, 0.5) is 0 Å². The summed E-state index contributed by atoms with van der Waals surface area (Å²) in [4.78, 5) is 50.6. The van der Waals surface area contributed by atoms with E-state index in [2.05, 4.69) is 6.58 Å². The first-order valence-electron chi connectivity index (χ1n) is 9.08. The Hall–Kier alpha value is -1.45. The number of imide groups is 1. The second kappa shape index (κ2) is 8.70. The van der Waals surface area contributed by atoms with Crippen molar-refractivity contribution in [3.63, 3.8) is 0 Å². The summed E-state index contributed by atoms with van der Waals surface area (Å²) in [6.07, 6.45) is 2.33. The van der Waals surface area contributed by atoms with Crippen LogP contribution in [0.25, 0.3) is 0 Å². The van der Waals surface area contributed by atoms with Gasteiger partial charge in [0, 0.05) is 5.75 Å². The van der Waals surface area contributed by atoms with E-state index in [4.69, 9.17) is 9.16 Å². The van der Waals surface area contributed by atoms with Crippen molar-refractivity contribution in [2.45, 2.75) is 51.6 Å². The SMILES string of the molecule is C=CCOC(=O)C(=O)N1C(=O)[C@H]([C@@H](C)O[Si](C)(C)C)[C@H]1C1CCCSC1=O. The zero-order valence-electron chi connectivity index (χ0n) is 16.2. The number of hydrogen-bond acceptors (Lipinski definition) is 7. The predicted octanol–water partition coefficient (Wildman–Crippen LogP) is 1.98.